The molecule has 1 saturated heterocycles. The van der Waals surface area contributed by atoms with Crippen molar-refractivity contribution < 1.29 is 26.7 Å². The number of halogens is 3. The third kappa shape index (κ3) is 5.50. The van der Waals surface area contributed by atoms with E-state index in [1.54, 1.807) is 0 Å². The normalized spacial score (nSPS) is 17.3. The van der Waals surface area contributed by atoms with Gasteiger partial charge in [0.25, 0.3) is 0 Å². The number of piperidine rings is 1. The molecule has 2 aromatic rings. The number of alkyl halides is 3. The van der Waals surface area contributed by atoms with Gasteiger partial charge in [0.15, 0.2) is 0 Å². The molecule has 1 atom stereocenters. The van der Waals surface area contributed by atoms with Gasteiger partial charge < -0.3 is 14.2 Å². The predicted octanol–water partition coefficient (Wildman–Crippen LogP) is 2.52. The fraction of sp³-hybridized carbons (Fsp3) is 0.500. The van der Waals surface area contributed by atoms with Crippen LogP contribution in [0.3, 0.4) is 0 Å². The van der Waals surface area contributed by atoms with Crippen LogP contribution in [0.2, 0.25) is 0 Å². The smallest absolute Gasteiger partial charge is 0.573 e. The lowest BCUT2D eigenvalue weighted by Gasteiger charge is -2.33. The second-order valence-corrected chi connectivity index (χ2v) is 7.03. The van der Waals surface area contributed by atoms with E-state index >= 15 is 0 Å². The number of fused-ring (bicyclic) bond motifs is 1. The van der Waals surface area contributed by atoms with Crippen molar-refractivity contribution in [2.75, 3.05) is 24.5 Å². The largest absolute Gasteiger partial charge is 0.760 e. The maximum absolute atomic E-state index is 12.4. The summed E-state index contributed by atoms with van der Waals surface area (Å²) in [6, 6.07) is 4.03. The number of benzene rings is 1. The summed E-state index contributed by atoms with van der Waals surface area (Å²) in [5.74, 6) is 0.773. The molecule has 0 saturated carbocycles. The molecule has 0 bridgehead atoms. The van der Waals surface area contributed by atoms with Crippen LogP contribution in [0.1, 0.15) is 19.3 Å². The predicted molar refractivity (Wildman–Crippen MR) is 92.7 cm³/mol. The molecule has 0 aliphatic carbocycles. The molecule has 1 aliphatic heterocycles. The number of nitrogens with zero attached hydrogens (tertiary/aromatic N) is 3. The van der Waals surface area contributed by atoms with Crippen LogP contribution in [-0.2, 0) is 11.3 Å². The molecule has 27 heavy (non-hydrogen) atoms. The number of aromatic nitrogens is 2. The zero-order chi connectivity index (χ0) is 19.4. The highest BCUT2D eigenvalue weighted by Gasteiger charge is 2.31. The van der Waals surface area contributed by atoms with Crippen LogP contribution >= 0.6 is 0 Å². The van der Waals surface area contributed by atoms with Crippen LogP contribution in [0.15, 0.2) is 24.5 Å². The molecule has 1 aromatic heterocycles. The van der Waals surface area contributed by atoms with Crippen molar-refractivity contribution in [3.05, 3.63) is 24.5 Å². The third-order valence-electron chi connectivity index (χ3n) is 4.51. The standard InChI is InChI=1S/C16H19F3N4O3S/c17-16(18,19)26-12-1-2-13-14(9-12)20-10-21-15(13)23-7-4-11(5-8-23)3-6-22-27(24)25/h1-2,9-11,22H,3-8H2,(H,24,25)/p-1. The van der Waals surface area contributed by atoms with Crippen molar-refractivity contribution in [1.29, 1.82) is 0 Å². The average Bonchev–Trinajstić information content (AvgIpc) is 2.60. The van der Waals surface area contributed by atoms with Gasteiger partial charge in [0.1, 0.15) is 17.9 Å². The summed E-state index contributed by atoms with van der Waals surface area (Å²) in [6.45, 7) is 1.88. The van der Waals surface area contributed by atoms with E-state index in [-0.39, 0.29) is 5.75 Å². The van der Waals surface area contributed by atoms with Crippen LogP contribution in [-0.4, -0.2) is 44.7 Å². The van der Waals surface area contributed by atoms with Crippen molar-refractivity contribution in [3.8, 4) is 5.75 Å². The molecule has 0 spiro atoms. The topological polar surface area (TPSA) is 90.4 Å². The van der Waals surface area contributed by atoms with Crippen molar-refractivity contribution in [1.82, 2.24) is 14.7 Å². The number of anilines is 1. The fourth-order valence-electron chi connectivity index (χ4n) is 3.25. The first-order valence-electron chi connectivity index (χ1n) is 8.40. The SMILES string of the molecule is O=S([O-])NCCC1CCN(c2ncnc3cc(OC(F)(F)F)ccc23)CC1. The summed E-state index contributed by atoms with van der Waals surface area (Å²) < 4.78 is 64.4. The van der Waals surface area contributed by atoms with Crippen LogP contribution in [0.25, 0.3) is 10.9 Å². The molecule has 2 heterocycles. The first-order valence-corrected chi connectivity index (χ1v) is 9.47. The van der Waals surface area contributed by atoms with Gasteiger partial charge in [0.05, 0.1) is 5.52 Å². The number of ether oxygens (including phenoxy) is 1. The number of nitrogens with one attached hydrogen (secondary N) is 1. The lowest BCUT2D eigenvalue weighted by Crippen LogP contribution is -2.35. The maximum atomic E-state index is 12.4. The van der Waals surface area contributed by atoms with E-state index in [4.69, 9.17) is 0 Å². The van der Waals surface area contributed by atoms with Crippen LogP contribution in [0, 0.1) is 5.92 Å². The van der Waals surface area contributed by atoms with Gasteiger partial charge in [-0.25, -0.2) is 14.7 Å². The highest BCUT2D eigenvalue weighted by atomic mass is 32.2. The van der Waals surface area contributed by atoms with E-state index in [9.17, 15) is 21.9 Å². The van der Waals surface area contributed by atoms with Gasteiger partial charge in [-0.3, -0.25) is 4.21 Å². The van der Waals surface area contributed by atoms with Crippen LogP contribution in [0.4, 0.5) is 19.0 Å². The van der Waals surface area contributed by atoms with Crippen molar-refractivity contribution >= 4 is 28.0 Å². The van der Waals surface area contributed by atoms with E-state index in [1.165, 1.54) is 24.5 Å². The van der Waals surface area contributed by atoms with Gasteiger partial charge >= 0.3 is 6.36 Å². The van der Waals surface area contributed by atoms with Gasteiger partial charge in [0.2, 0.25) is 0 Å². The number of rotatable bonds is 6. The molecule has 11 heteroatoms. The molecular formula is C16H18F3N4O3S-. The van der Waals surface area contributed by atoms with Gasteiger partial charge in [-0.2, -0.15) is 0 Å². The molecule has 0 amide bonds. The Morgan fingerprint density at radius 3 is 2.70 bits per heavy atom. The fourth-order valence-corrected chi connectivity index (χ4v) is 3.54. The van der Waals surface area contributed by atoms with E-state index in [0.29, 0.717) is 29.2 Å². The third-order valence-corrected chi connectivity index (χ3v) is 4.95. The Hall–Kier alpha value is -1.98. The first kappa shape index (κ1) is 19.8. The van der Waals surface area contributed by atoms with Crippen molar-refractivity contribution in [2.45, 2.75) is 25.6 Å². The quantitative estimate of drug-likeness (QED) is 0.746. The van der Waals surface area contributed by atoms with Gasteiger partial charge in [-0.05, 0) is 37.3 Å². The lowest BCUT2D eigenvalue weighted by molar-refractivity contribution is -0.274. The Balaban J connectivity index is 1.68. The molecule has 3 rings (SSSR count). The van der Waals surface area contributed by atoms with E-state index < -0.39 is 17.6 Å². The Kier molecular flexibility index (Phi) is 6.12. The molecule has 148 valence electrons. The van der Waals surface area contributed by atoms with Crippen molar-refractivity contribution in [3.63, 3.8) is 0 Å². The Labute approximate surface area is 156 Å². The van der Waals surface area contributed by atoms with Crippen molar-refractivity contribution in [2.24, 2.45) is 5.92 Å². The first-order chi connectivity index (χ1) is 12.8. The van der Waals surface area contributed by atoms with E-state index in [2.05, 4.69) is 24.3 Å². The monoisotopic (exact) mass is 403 g/mol. The summed E-state index contributed by atoms with van der Waals surface area (Å²) >= 11 is -2.24. The Morgan fingerprint density at radius 2 is 2.04 bits per heavy atom. The maximum Gasteiger partial charge on any atom is 0.573 e. The molecule has 7 nitrogen and oxygen atoms in total. The number of hydrogen-bond donors (Lipinski definition) is 1. The van der Waals surface area contributed by atoms with Gasteiger partial charge in [-0.1, -0.05) is 0 Å². The highest BCUT2D eigenvalue weighted by molar-refractivity contribution is 7.77. The molecular weight excluding hydrogens is 385 g/mol. The van der Waals surface area contributed by atoms with Gasteiger partial charge in [-0.15, -0.1) is 13.2 Å². The summed E-state index contributed by atoms with van der Waals surface area (Å²) in [6.07, 6.45) is -0.889. The van der Waals surface area contributed by atoms with Crippen LogP contribution in [0.5, 0.6) is 5.75 Å². The number of hydrogen-bond acceptors (Lipinski definition) is 6. The summed E-state index contributed by atoms with van der Waals surface area (Å²) in [7, 11) is 0. The van der Waals surface area contributed by atoms with Crippen LogP contribution < -0.4 is 14.4 Å². The minimum atomic E-state index is -4.75. The summed E-state index contributed by atoms with van der Waals surface area (Å²) in [4.78, 5) is 10.4. The Bertz CT molecular complexity index is 813. The summed E-state index contributed by atoms with van der Waals surface area (Å²) in [5, 5.41) is 0.661. The zero-order valence-electron chi connectivity index (χ0n) is 14.2. The Morgan fingerprint density at radius 1 is 1.30 bits per heavy atom. The second-order valence-electron chi connectivity index (χ2n) is 6.27. The van der Waals surface area contributed by atoms with Gasteiger partial charge in [0, 0.05) is 42.4 Å². The minimum absolute atomic E-state index is 0.318. The molecule has 1 N–H and O–H groups in total. The molecule has 1 aliphatic rings. The summed E-state index contributed by atoms with van der Waals surface area (Å²) in [5.41, 5.74) is 0.381. The molecule has 1 aromatic carbocycles. The molecule has 0 radical (unpaired) electrons. The minimum Gasteiger partial charge on any atom is -0.760 e. The molecule has 1 unspecified atom stereocenters. The zero-order valence-corrected chi connectivity index (χ0v) is 15.1. The van der Waals surface area contributed by atoms with E-state index in [0.717, 1.165) is 32.4 Å². The molecule has 1 fully saturated rings. The lowest BCUT2D eigenvalue weighted by atomic mass is 9.93. The van der Waals surface area contributed by atoms with E-state index in [1.807, 2.05) is 0 Å². The second kappa shape index (κ2) is 8.36. The highest BCUT2D eigenvalue weighted by Crippen LogP contribution is 2.31. The average molecular weight is 403 g/mol.